The van der Waals surface area contributed by atoms with Crippen molar-refractivity contribution in [1.82, 2.24) is 5.32 Å². The zero-order valence-corrected chi connectivity index (χ0v) is 13.8. The minimum atomic E-state index is -0.316. The van der Waals surface area contributed by atoms with Gasteiger partial charge in [-0.3, -0.25) is 4.79 Å². The number of nitrogens with one attached hydrogen (secondary N) is 1. The molecule has 23 heavy (non-hydrogen) atoms. The quantitative estimate of drug-likeness (QED) is 0.829. The van der Waals surface area contributed by atoms with Crippen LogP contribution in [0.5, 0.6) is 5.75 Å². The summed E-state index contributed by atoms with van der Waals surface area (Å²) in [5, 5.41) is 3.03. The number of hydrogen-bond donors (Lipinski definition) is 1. The zero-order chi connectivity index (χ0) is 16.3. The van der Waals surface area contributed by atoms with Crippen LogP contribution < -0.4 is 10.1 Å². The van der Waals surface area contributed by atoms with Gasteiger partial charge < -0.3 is 10.1 Å². The fraction of sp³-hybridized carbons (Fsp3) is 0.350. The molecule has 0 aliphatic heterocycles. The Bertz CT molecular complexity index is 670. The van der Waals surface area contributed by atoms with Crippen molar-refractivity contribution < 1.29 is 9.53 Å². The molecule has 3 nitrogen and oxygen atoms in total. The summed E-state index contributed by atoms with van der Waals surface area (Å²) in [4.78, 5) is 12.6. The van der Waals surface area contributed by atoms with E-state index in [0.29, 0.717) is 13.2 Å². The van der Waals surface area contributed by atoms with E-state index >= 15 is 0 Å². The SMILES string of the molecule is Cc1cc(C)cc(C2(C(=O)NCCOc3ccccc3)CC2)c1. The van der Waals surface area contributed by atoms with Gasteiger partial charge in [0.2, 0.25) is 5.91 Å². The van der Waals surface area contributed by atoms with Gasteiger partial charge in [0.1, 0.15) is 12.4 Å². The summed E-state index contributed by atoms with van der Waals surface area (Å²) in [6.45, 7) is 5.18. The summed E-state index contributed by atoms with van der Waals surface area (Å²) in [6, 6.07) is 16.1. The number of rotatable bonds is 6. The third-order valence-corrected chi connectivity index (χ3v) is 4.36. The van der Waals surface area contributed by atoms with Crippen molar-refractivity contribution in [3.8, 4) is 5.75 Å². The summed E-state index contributed by atoms with van der Waals surface area (Å²) >= 11 is 0. The van der Waals surface area contributed by atoms with Crippen LogP contribution in [0.25, 0.3) is 0 Å². The van der Waals surface area contributed by atoms with Gasteiger partial charge in [0.15, 0.2) is 0 Å². The second kappa shape index (κ2) is 6.45. The van der Waals surface area contributed by atoms with Crippen LogP contribution in [0, 0.1) is 13.8 Å². The Kier molecular flexibility index (Phi) is 4.37. The molecule has 0 bridgehead atoms. The van der Waals surface area contributed by atoms with E-state index in [1.807, 2.05) is 30.3 Å². The molecule has 3 heteroatoms. The maximum Gasteiger partial charge on any atom is 0.230 e. The van der Waals surface area contributed by atoms with Crippen molar-refractivity contribution in [3.05, 3.63) is 65.2 Å². The molecule has 0 saturated heterocycles. The van der Waals surface area contributed by atoms with Crippen LogP contribution in [0.3, 0.4) is 0 Å². The first kappa shape index (κ1) is 15.6. The van der Waals surface area contributed by atoms with E-state index in [0.717, 1.165) is 24.2 Å². The molecule has 1 aliphatic rings. The highest BCUT2D eigenvalue weighted by molar-refractivity contribution is 5.91. The minimum absolute atomic E-state index is 0.124. The first-order valence-electron chi connectivity index (χ1n) is 8.15. The highest BCUT2D eigenvalue weighted by Crippen LogP contribution is 2.48. The number of carbonyl (C=O) groups is 1. The lowest BCUT2D eigenvalue weighted by Gasteiger charge is -2.17. The molecule has 2 aromatic rings. The maximum atomic E-state index is 12.6. The molecule has 0 aromatic heterocycles. The molecule has 0 spiro atoms. The van der Waals surface area contributed by atoms with Crippen molar-refractivity contribution in [3.63, 3.8) is 0 Å². The van der Waals surface area contributed by atoms with Crippen LogP contribution in [-0.2, 0) is 10.2 Å². The monoisotopic (exact) mass is 309 g/mol. The van der Waals surface area contributed by atoms with E-state index in [-0.39, 0.29) is 11.3 Å². The highest BCUT2D eigenvalue weighted by Gasteiger charge is 2.51. The summed E-state index contributed by atoms with van der Waals surface area (Å²) in [6.07, 6.45) is 1.86. The molecule has 1 amide bonds. The molecule has 0 heterocycles. The van der Waals surface area contributed by atoms with Gasteiger partial charge in [-0.15, -0.1) is 0 Å². The van der Waals surface area contributed by atoms with Crippen LogP contribution in [0.2, 0.25) is 0 Å². The van der Waals surface area contributed by atoms with Gasteiger partial charge in [-0.2, -0.15) is 0 Å². The Morgan fingerprint density at radius 1 is 1.09 bits per heavy atom. The third kappa shape index (κ3) is 3.55. The molecule has 0 unspecified atom stereocenters. The average Bonchev–Trinajstić information content (AvgIpc) is 3.33. The van der Waals surface area contributed by atoms with Crippen LogP contribution in [0.1, 0.15) is 29.5 Å². The van der Waals surface area contributed by atoms with Crippen molar-refractivity contribution in [2.45, 2.75) is 32.1 Å². The summed E-state index contributed by atoms with van der Waals surface area (Å²) in [5.41, 5.74) is 3.26. The molecule has 1 N–H and O–H groups in total. The molecule has 120 valence electrons. The van der Waals surface area contributed by atoms with Crippen molar-refractivity contribution in [2.75, 3.05) is 13.2 Å². The summed E-state index contributed by atoms with van der Waals surface area (Å²) in [7, 11) is 0. The molecule has 0 atom stereocenters. The molecule has 2 aromatic carbocycles. The maximum absolute atomic E-state index is 12.6. The van der Waals surface area contributed by atoms with Crippen molar-refractivity contribution >= 4 is 5.91 Å². The van der Waals surface area contributed by atoms with Crippen LogP contribution in [0.4, 0.5) is 0 Å². The van der Waals surface area contributed by atoms with E-state index in [1.54, 1.807) is 0 Å². The van der Waals surface area contributed by atoms with Gasteiger partial charge in [-0.05, 0) is 44.4 Å². The van der Waals surface area contributed by atoms with E-state index in [9.17, 15) is 4.79 Å². The number of aryl methyl sites for hydroxylation is 2. The lowest BCUT2D eigenvalue weighted by atomic mass is 9.92. The lowest BCUT2D eigenvalue weighted by molar-refractivity contribution is -0.123. The number of hydrogen-bond acceptors (Lipinski definition) is 2. The van der Waals surface area contributed by atoms with E-state index in [1.165, 1.54) is 11.1 Å². The normalized spacial score (nSPS) is 15.0. The number of ether oxygens (including phenoxy) is 1. The van der Waals surface area contributed by atoms with Gasteiger partial charge >= 0.3 is 0 Å². The second-order valence-corrected chi connectivity index (χ2v) is 6.38. The van der Waals surface area contributed by atoms with E-state index < -0.39 is 0 Å². The van der Waals surface area contributed by atoms with Crippen LogP contribution >= 0.6 is 0 Å². The average molecular weight is 309 g/mol. The molecular weight excluding hydrogens is 286 g/mol. The van der Waals surface area contributed by atoms with Gasteiger partial charge in [0, 0.05) is 0 Å². The first-order valence-corrected chi connectivity index (χ1v) is 8.15. The van der Waals surface area contributed by atoms with Crippen LogP contribution in [0.15, 0.2) is 48.5 Å². The fourth-order valence-electron chi connectivity index (χ4n) is 3.04. The molecule has 3 rings (SSSR count). The number of amides is 1. The molecule has 1 fully saturated rings. The Labute approximate surface area is 137 Å². The minimum Gasteiger partial charge on any atom is -0.492 e. The third-order valence-electron chi connectivity index (χ3n) is 4.36. The van der Waals surface area contributed by atoms with E-state index in [2.05, 4.69) is 37.4 Å². The predicted octanol–water partition coefficient (Wildman–Crippen LogP) is 3.53. The second-order valence-electron chi connectivity index (χ2n) is 6.38. The fourth-order valence-corrected chi connectivity index (χ4v) is 3.04. The van der Waals surface area contributed by atoms with Crippen molar-refractivity contribution in [1.29, 1.82) is 0 Å². The van der Waals surface area contributed by atoms with E-state index in [4.69, 9.17) is 4.74 Å². The highest BCUT2D eigenvalue weighted by atomic mass is 16.5. The topological polar surface area (TPSA) is 38.3 Å². The van der Waals surface area contributed by atoms with Gasteiger partial charge in [0.05, 0.1) is 12.0 Å². The number of carbonyl (C=O) groups excluding carboxylic acids is 1. The lowest BCUT2D eigenvalue weighted by Crippen LogP contribution is -2.37. The Balaban J connectivity index is 1.55. The first-order chi connectivity index (χ1) is 11.1. The molecular formula is C20H23NO2. The standard InChI is InChI=1S/C20H23NO2/c1-15-12-16(2)14-17(13-15)20(8-9-20)19(22)21-10-11-23-18-6-4-3-5-7-18/h3-7,12-14H,8-11H2,1-2H3,(H,21,22). The molecule has 0 radical (unpaired) electrons. The smallest absolute Gasteiger partial charge is 0.230 e. The summed E-state index contributed by atoms with van der Waals surface area (Å²) in [5.74, 6) is 0.955. The molecule has 1 saturated carbocycles. The van der Waals surface area contributed by atoms with Crippen molar-refractivity contribution in [2.24, 2.45) is 0 Å². The van der Waals surface area contributed by atoms with Crippen LogP contribution in [-0.4, -0.2) is 19.1 Å². The predicted molar refractivity (Wildman–Crippen MR) is 91.8 cm³/mol. The zero-order valence-electron chi connectivity index (χ0n) is 13.8. The van der Waals surface area contributed by atoms with Gasteiger partial charge in [0.25, 0.3) is 0 Å². The summed E-state index contributed by atoms with van der Waals surface area (Å²) < 4.78 is 5.62. The van der Waals surface area contributed by atoms with Gasteiger partial charge in [-0.25, -0.2) is 0 Å². The Hall–Kier alpha value is -2.29. The molecule has 1 aliphatic carbocycles. The Morgan fingerprint density at radius 2 is 1.74 bits per heavy atom. The Morgan fingerprint density at radius 3 is 2.35 bits per heavy atom. The largest absolute Gasteiger partial charge is 0.492 e. The van der Waals surface area contributed by atoms with Gasteiger partial charge in [-0.1, -0.05) is 47.5 Å². The number of para-hydroxylation sites is 1. The number of benzene rings is 2.